The molecular formula is C31H34O8P3-. The normalized spacial score (nSPS) is 15.4. The lowest BCUT2D eigenvalue weighted by Gasteiger charge is -2.34. The monoisotopic (exact) mass is 627 g/mol. The van der Waals surface area contributed by atoms with Crippen molar-refractivity contribution in [2.75, 3.05) is 5.90 Å². The molecule has 0 fully saturated rings. The van der Waals surface area contributed by atoms with Gasteiger partial charge in [-0.1, -0.05) is 121 Å². The van der Waals surface area contributed by atoms with Crippen molar-refractivity contribution in [2.24, 2.45) is 0 Å². The van der Waals surface area contributed by atoms with Crippen molar-refractivity contribution in [1.29, 1.82) is 0 Å². The van der Waals surface area contributed by atoms with E-state index in [4.69, 9.17) is 18.1 Å². The van der Waals surface area contributed by atoms with E-state index in [2.05, 4.69) is 0 Å². The Hall–Kier alpha value is -2.63. The highest BCUT2D eigenvalue weighted by molar-refractivity contribution is 7.81. The molecule has 8 nitrogen and oxygen atoms in total. The molecule has 0 bridgehead atoms. The summed E-state index contributed by atoms with van der Waals surface area (Å²) in [6, 6.07) is 35.7. The molecule has 222 valence electrons. The third-order valence-electron chi connectivity index (χ3n) is 6.47. The summed E-state index contributed by atoms with van der Waals surface area (Å²) in [5, 5.41) is -1.43. The second kappa shape index (κ2) is 15.2. The van der Waals surface area contributed by atoms with Crippen LogP contribution in [0.25, 0.3) is 0 Å². The predicted molar refractivity (Wildman–Crippen MR) is 162 cm³/mol. The van der Waals surface area contributed by atoms with E-state index in [9.17, 15) is 18.6 Å². The summed E-state index contributed by atoms with van der Waals surface area (Å²) in [5.74, 6) is -0.978. The first-order chi connectivity index (χ1) is 20.2. The zero-order chi connectivity index (χ0) is 29.9. The lowest BCUT2D eigenvalue weighted by atomic mass is 10.2. The van der Waals surface area contributed by atoms with Gasteiger partial charge in [-0.3, -0.25) is 9.13 Å². The van der Waals surface area contributed by atoms with Crippen molar-refractivity contribution < 1.29 is 36.7 Å². The van der Waals surface area contributed by atoms with Gasteiger partial charge in [0.05, 0.1) is 32.3 Å². The smallest absolute Gasteiger partial charge is 0.343 e. The SMILES string of the molecule is CC(P(=O)(CP(=O)([O-])OCc1ccccc1)OCc1ccccc1)P(=O)(OCc1ccccc1)OCc1ccccc1. The fraction of sp³-hybridized carbons (Fsp3) is 0.226. The van der Waals surface area contributed by atoms with Crippen molar-refractivity contribution in [3.05, 3.63) is 144 Å². The molecule has 0 aliphatic rings. The van der Waals surface area contributed by atoms with Gasteiger partial charge in [-0.15, -0.1) is 0 Å². The molecule has 4 rings (SSSR count). The number of hydrogen-bond acceptors (Lipinski definition) is 8. The molecule has 0 spiro atoms. The lowest BCUT2D eigenvalue weighted by Crippen LogP contribution is -2.18. The van der Waals surface area contributed by atoms with Crippen LogP contribution >= 0.6 is 22.6 Å². The summed E-state index contributed by atoms with van der Waals surface area (Å²) in [4.78, 5) is 13.2. The van der Waals surface area contributed by atoms with Gasteiger partial charge >= 0.3 is 7.60 Å². The minimum atomic E-state index is -4.75. The standard InChI is InChI=1S/C31H35O8P3/c1-27(42(35,38-24-30-18-10-4-11-19-30)39-25-31-20-12-5-13-21-31)40(32,36-22-28-14-6-2-7-15-28)26-41(33,34)37-23-29-16-8-3-9-17-29/h2-21,27H,22-26H2,1H3,(H,33,34)/p-1. The number of hydrogen-bond donors (Lipinski definition) is 0. The Morgan fingerprint density at radius 1 is 0.524 bits per heavy atom. The van der Waals surface area contributed by atoms with Crippen molar-refractivity contribution in [3.8, 4) is 0 Å². The molecular weight excluding hydrogens is 593 g/mol. The van der Waals surface area contributed by atoms with E-state index in [1.165, 1.54) is 6.92 Å². The van der Waals surface area contributed by atoms with Crippen molar-refractivity contribution >= 4 is 22.6 Å². The van der Waals surface area contributed by atoms with Crippen LogP contribution in [0.5, 0.6) is 0 Å². The van der Waals surface area contributed by atoms with Crippen molar-refractivity contribution in [2.45, 2.75) is 38.8 Å². The van der Waals surface area contributed by atoms with E-state index >= 15 is 0 Å². The zero-order valence-corrected chi connectivity index (χ0v) is 26.0. The van der Waals surface area contributed by atoms with E-state index in [0.717, 1.165) is 0 Å². The third kappa shape index (κ3) is 9.70. The molecule has 0 radical (unpaired) electrons. The van der Waals surface area contributed by atoms with E-state index < -0.39 is 33.9 Å². The first-order valence-corrected chi connectivity index (χ1v) is 18.6. The van der Waals surface area contributed by atoms with Crippen LogP contribution in [-0.4, -0.2) is 11.3 Å². The molecule has 0 saturated carbocycles. The lowest BCUT2D eigenvalue weighted by molar-refractivity contribution is -0.198. The van der Waals surface area contributed by atoms with Crippen LogP contribution in [0.1, 0.15) is 29.2 Å². The van der Waals surface area contributed by atoms with E-state index in [1.807, 2.05) is 42.5 Å². The Labute approximate surface area is 247 Å². The van der Waals surface area contributed by atoms with Crippen LogP contribution in [0.4, 0.5) is 0 Å². The van der Waals surface area contributed by atoms with Gasteiger partial charge < -0.3 is 27.6 Å². The summed E-state index contributed by atoms with van der Waals surface area (Å²) >= 11 is 0. The quantitative estimate of drug-likeness (QED) is 0.114. The maximum atomic E-state index is 14.6. The average Bonchev–Trinajstić information content (AvgIpc) is 3.02. The minimum Gasteiger partial charge on any atom is -0.778 e. The Morgan fingerprint density at radius 2 is 0.833 bits per heavy atom. The van der Waals surface area contributed by atoms with Gasteiger partial charge in [0.15, 0.2) is 0 Å². The average molecular weight is 628 g/mol. The molecule has 42 heavy (non-hydrogen) atoms. The van der Waals surface area contributed by atoms with Crippen molar-refractivity contribution in [1.82, 2.24) is 0 Å². The number of benzene rings is 4. The molecule has 4 aromatic carbocycles. The Kier molecular flexibility index (Phi) is 11.7. The summed E-state index contributed by atoms with van der Waals surface area (Å²) in [7, 11) is -13.3. The summed E-state index contributed by atoms with van der Waals surface area (Å²) < 4.78 is 65.2. The van der Waals surface area contributed by atoms with Gasteiger partial charge in [0, 0.05) is 0 Å². The molecule has 0 N–H and O–H groups in total. The highest BCUT2D eigenvalue weighted by Crippen LogP contribution is 2.73. The van der Waals surface area contributed by atoms with Crippen LogP contribution in [-0.2, 0) is 58.2 Å². The molecule has 3 atom stereocenters. The fourth-order valence-corrected chi connectivity index (χ4v) is 12.6. The van der Waals surface area contributed by atoms with E-state index in [-0.39, 0.29) is 26.4 Å². The molecule has 11 heteroatoms. The minimum absolute atomic E-state index is 0.102. The predicted octanol–water partition coefficient (Wildman–Crippen LogP) is 8.18. The molecule has 0 aliphatic carbocycles. The van der Waals surface area contributed by atoms with E-state index in [1.54, 1.807) is 78.9 Å². The van der Waals surface area contributed by atoms with Crippen LogP contribution in [0.15, 0.2) is 121 Å². The summed E-state index contributed by atoms with van der Waals surface area (Å²) in [6.07, 6.45) is 0. The maximum absolute atomic E-state index is 14.6. The van der Waals surface area contributed by atoms with Gasteiger partial charge in [-0.2, -0.15) is 0 Å². The van der Waals surface area contributed by atoms with Crippen LogP contribution in [0, 0.1) is 0 Å². The maximum Gasteiger partial charge on any atom is 0.343 e. The van der Waals surface area contributed by atoms with Crippen molar-refractivity contribution in [3.63, 3.8) is 0 Å². The Balaban J connectivity index is 1.62. The largest absolute Gasteiger partial charge is 0.778 e. The Morgan fingerprint density at radius 3 is 1.19 bits per heavy atom. The summed E-state index contributed by atoms with van der Waals surface area (Å²) in [6.45, 7) is 0.782. The third-order valence-corrected chi connectivity index (χ3v) is 15.5. The molecule has 0 aromatic heterocycles. The first kappa shape index (κ1) is 32.3. The van der Waals surface area contributed by atoms with Crippen LogP contribution < -0.4 is 4.89 Å². The Bertz CT molecular complexity index is 1470. The van der Waals surface area contributed by atoms with Crippen LogP contribution in [0.3, 0.4) is 0 Å². The second-order valence-corrected chi connectivity index (χ2v) is 17.6. The van der Waals surface area contributed by atoms with Gasteiger partial charge in [0.25, 0.3) is 0 Å². The highest BCUT2D eigenvalue weighted by Gasteiger charge is 2.48. The fourth-order valence-electron chi connectivity index (χ4n) is 4.00. The molecule has 0 amide bonds. The van der Waals surface area contributed by atoms with Gasteiger partial charge in [-0.25, -0.2) is 0 Å². The molecule has 4 aromatic rings. The second-order valence-electron chi connectivity index (χ2n) is 9.69. The zero-order valence-electron chi connectivity index (χ0n) is 23.3. The molecule has 0 heterocycles. The molecule has 0 saturated heterocycles. The summed E-state index contributed by atoms with van der Waals surface area (Å²) in [5.41, 5.74) is 2.73. The topological polar surface area (TPSA) is 111 Å². The van der Waals surface area contributed by atoms with Gasteiger partial charge in [0.1, 0.15) is 13.0 Å². The molecule has 0 aliphatic heterocycles. The van der Waals surface area contributed by atoms with Gasteiger partial charge in [0.2, 0.25) is 7.37 Å². The first-order valence-electron chi connectivity index (χ1n) is 13.4. The molecule has 3 unspecified atom stereocenters. The van der Waals surface area contributed by atoms with E-state index in [0.29, 0.717) is 22.3 Å². The number of rotatable bonds is 16. The highest BCUT2D eigenvalue weighted by atomic mass is 31.3. The van der Waals surface area contributed by atoms with Gasteiger partial charge in [-0.05, 0) is 29.2 Å². The van der Waals surface area contributed by atoms with Crippen LogP contribution in [0.2, 0.25) is 0 Å².